The minimum absolute atomic E-state index is 0.0238. The molecule has 0 radical (unpaired) electrons. The highest BCUT2D eigenvalue weighted by Gasteiger charge is 2.29. The highest BCUT2D eigenvalue weighted by molar-refractivity contribution is 7.91. The van der Waals surface area contributed by atoms with E-state index in [9.17, 15) is 26.8 Å². The van der Waals surface area contributed by atoms with E-state index in [0.29, 0.717) is 6.42 Å². The minimum Gasteiger partial charge on any atom is -0.493 e. The summed E-state index contributed by atoms with van der Waals surface area (Å²) in [5, 5.41) is 0. The lowest BCUT2D eigenvalue weighted by atomic mass is 10.1. The average molecular weight is 392 g/mol. The second kappa shape index (κ2) is 8.30. The molecule has 0 bridgehead atoms. The Hall–Kier alpha value is -2.43. The van der Waals surface area contributed by atoms with Crippen molar-refractivity contribution >= 4 is 21.7 Å². The van der Waals surface area contributed by atoms with Gasteiger partial charge in [-0.1, -0.05) is 0 Å². The molecule has 0 spiro atoms. The third-order valence-electron chi connectivity index (χ3n) is 3.76. The van der Waals surface area contributed by atoms with Crippen molar-refractivity contribution in [3.8, 4) is 11.5 Å². The SMILES string of the molecule is COc1cc(C(=O)NNC(=O)C[C@@H]2CCS(=O)(=O)C2)ccc1OC(F)F. The molecule has 8 nitrogen and oxygen atoms in total. The van der Waals surface area contributed by atoms with Crippen molar-refractivity contribution in [2.75, 3.05) is 18.6 Å². The van der Waals surface area contributed by atoms with Crippen LogP contribution in [0.3, 0.4) is 0 Å². The number of nitrogens with one attached hydrogen (secondary N) is 2. The molecule has 2 N–H and O–H groups in total. The maximum absolute atomic E-state index is 12.3. The summed E-state index contributed by atoms with van der Waals surface area (Å²) in [5.41, 5.74) is 4.41. The van der Waals surface area contributed by atoms with Crippen molar-refractivity contribution in [2.45, 2.75) is 19.5 Å². The molecule has 0 unspecified atom stereocenters. The molecule has 2 amide bonds. The molecule has 1 aliphatic heterocycles. The van der Waals surface area contributed by atoms with Crippen molar-refractivity contribution in [3.63, 3.8) is 0 Å². The average Bonchev–Trinajstić information content (AvgIpc) is 2.91. The lowest BCUT2D eigenvalue weighted by molar-refractivity contribution is -0.122. The molecular weight excluding hydrogens is 374 g/mol. The Labute approximate surface area is 148 Å². The van der Waals surface area contributed by atoms with Gasteiger partial charge in [-0.3, -0.25) is 20.4 Å². The molecule has 1 fully saturated rings. The van der Waals surface area contributed by atoms with E-state index in [-0.39, 0.29) is 40.9 Å². The summed E-state index contributed by atoms with van der Waals surface area (Å²) in [6.45, 7) is -3.04. The summed E-state index contributed by atoms with van der Waals surface area (Å²) < 4.78 is 56.4. The highest BCUT2D eigenvalue weighted by atomic mass is 32.2. The van der Waals surface area contributed by atoms with E-state index >= 15 is 0 Å². The molecule has 2 rings (SSSR count). The number of sulfone groups is 1. The van der Waals surface area contributed by atoms with Crippen LogP contribution in [-0.4, -0.2) is 45.5 Å². The van der Waals surface area contributed by atoms with Crippen molar-refractivity contribution in [2.24, 2.45) is 5.92 Å². The van der Waals surface area contributed by atoms with Crippen LogP contribution < -0.4 is 20.3 Å². The molecular formula is C15H18F2N2O6S. The third kappa shape index (κ3) is 5.55. The summed E-state index contributed by atoms with van der Waals surface area (Å²) in [6.07, 6.45) is 0.385. The highest BCUT2D eigenvalue weighted by Crippen LogP contribution is 2.29. The number of carbonyl (C=O) groups is 2. The Bertz CT molecular complexity index is 784. The molecule has 0 saturated carbocycles. The number of alkyl halides is 2. The van der Waals surface area contributed by atoms with Gasteiger partial charge in [0.2, 0.25) is 5.91 Å². The lowest BCUT2D eigenvalue weighted by Gasteiger charge is -2.12. The number of amides is 2. The van der Waals surface area contributed by atoms with Crippen molar-refractivity contribution in [1.29, 1.82) is 0 Å². The van der Waals surface area contributed by atoms with Gasteiger partial charge in [0.1, 0.15) is 0 Å². The van der Waals surface area contributed by atoms with E-state index in [2.05, 4.69) is 15.6 Å². The van der Waals surface area contributed by atoms with Gasteiger partial charge in [0.25, 0.3) is 5.91 Å². The largest absolute Gasteiger partial charge is 0.493 e. The number of hydrogen-bond acceptors (Lipinski definition) is 6. The first-order valence-electron chi connectivity index (χ1n) is 7.62. The van der Waals surface area contributed by atoms with Gasteiger partial charge in [-0.15, -0.1) is 0 Å². The smallest absolute Gasteiger partial charge is 0.387 e. The van der Waals surface area contributed by atoms with Crippen LogP contribution in [0.25, 0.3) is 0 Å². The van der Waals surface area contributed by atoms with E-state index < -0.39 is 28.3 Å². The predicted octanol–water partition coefficient (Wildman–Crippen LogP) is 0.882. The van der Waals surface area contributed by atoms with Crippen LogP contribution in [0.15, 0.2) is 18.2 Å². The molecule has 11 heteroatoms. The van der Waals surface area contributed by atoms with Gasteiger partial charge in [0.05, 0.1) is 18.6 Å². The molecule has 1 saturated heterocycles. The van der Waals surface area contributed by atoms with Crippen LogP contribution in [0, 0.1) is 5.92 Å². The number of methoxy groups -OCH3 is 1. The Balaban J connectivity index is 1.90. The Morgan fingerprint density at radius 1 is 1.27 bits per heavy atom. The maximum Gasteiger partial charge on any atom is 0.387 e. The fraction of sp³-hybridized carbons (Fsp3) is 0.467. The number of hydrazine groups is 1. The monoisotopic (exact) mass is 392 g/mol. The second-order valence-corrected chi connectivity index (χ2v) is 7.95. The number of ether oxygens (including phenoxy) is 2. The van der Waals surface area contributed by atoms with Gasteiger partial charge in [-0.25, -0.2) is 8.42 Å². The fourth-order valence-electron chi connectivity index (χ4n) is 2.55. The zero-order valence-electron chi connectivity index (χ0n) is 13.8. The standard InChI is InChI=1S/C15H18F2N2O6S/c1-24-12-7-10(2-3-11(12)25-15(16)17)14(21)19-18-13(20)6-9-4-5-26(22,23)8-9/h2-3,7,9,15H,4-6,8H2,1H3,(H,18,20)(H,19,21)/t9-/m0/s1. The van der Waals surface area contributed by atoms with Gasteiger partial charge < -0.3 is 9.47 Å². The summed E-state index contributed by atoms with van der Waals surface area (Å²) >= 11 is 0. The topological polar surface area (TPSA) is 111 Å². The number of benzene rings is 1. The summed E-state index contributed by atoms with van der Waals surface area (Å²) in [6, 6.07) is 3.55. The van der Waals surface area contributed by atoms with Crippen LogP contribution in [0.4, 0.5) is 8.78 Å². The fourth-order valence-corrected chi connectivity index (χ4v) is 4.41. The first kappa shape index (κ1) is 19.9. The van der Waals surface area contributed by atoms with Crippen LogP contribution in [-0.2, 0) is 14.6 Å². The van der Waals surface area contributed by atoms with E-state index in [4.69, 9.17) is 4.74 Å². The molecule has 1 aromatic carbocycles. The number of carbonyl (C=O) groups excluding carboxylic acids is 2. The van der Waals surface area contributed by atoms with E-state index in [0.717, 1.165) is 6.07 Å². The summed E-state index contributed by atoms with van der Waals surface area (Å²) in [5.74, 6) is -1.78. The Morgan fingerprint density at radius 3 is 2.58 bits per heavy atom. The van der Waals surface area contributed by atoms with Gasteiger partial charge >= 0.3 is 6.61 Å². The Morgan fingerprint density at radius 2 is 2.00 bits per heavy atom. The molecule has 1 aromatic rings. The molecule has 0 aliphatic carbocycles. The zero-order chi connectivity index (χ0) is 19.3. The number of hydrogen-bond donors (Lipinski definition) is 2. The van der Waals surface area contributed by atoms with Gasteiger partial charge in [-0.2, -0.15) is 8.78 Å². The first-order valence-corrected chi connectivity index (χ1v) is 9.45. The van der Waals surface area contributed by atoms with Crippen LogP contribution in [0.5, 0.6) is 11.5 Å². The molecule has 26 heavy (non-hydrogen) atoms. The van der Waals surface area contributed by atoms with Crippen LogP contribution >= 0.6 is 0 Å². The summed E-state index contributed by atoms with van der Waals surface area (Å²) in [7, 11) is -1.85. The maximum atomic E-state index is 12.3. The van der Waals surface area contributed by atoms with E-state index in [1.54, 1.807) is 0 Å². The molecule has 1 heterocycles. The summed E-state index contributed by atoms with van der Waals surface area (Å²) in [4.78, 5) is 23.8. The zero-order valence-corrected chi connectivity index (χ0v) is 14.6. The lowest BCUT2D eigenvalue weighted by Crippen LogP contribution is -2.42. The minimum atomic E-state index is -3.08. The van der Waals surface area contributed by atoms with Crippen LogP contribution in [0.1, 0.15) is 23.2 Å². The third-order valence-corrected chi connectivity index (χ3v) is 5.60. The molecule has 1 aliphatic rings. The number of rotatable bonds is 6. The molecule has 144 valence electrons. The number of halogens is 2. The second-order valence-electron chi connectivity index (χ2n) is 5.72. The Kier molecular flexibility index (Phi) is 6.35. The van der Waals surface area contributed by atoms with Gasteiger partial charge in [0, 0.05) is 12.0 Å². The quantitative estimate of drug-likeness (QED) is 0.696. The van der Waals surface area contributed by atoms with Crippen molar-refractivity contribution in [3.05, 3.63) is 23.8 Å². The molecule has 1 atom stereocenters. The van der Waals surface area contributed by atoms with Crippen LogP contribution in [0.2, 0.25) is 0 Å². The van der Waals surface area contributed by atoms with Crippen molar-refractivity contribution in [1.82, 2.24) is 10.9 Å². The van der Waals surface area contributed by atoms with Crippen molar-refractivity contribution < 1.29 is 36.3 Å². The van der Waals surface area contributed by atoms with Gasteiger partial charge in [0.15, 0.2) is 21.3 Å². The molecule has 0 aromatic heterocycles. The first-order chi connectivity index (χ1) is 12.2. The van der Waals surface area contributed by atoms with E-state index in [1.165, 1.54) is 19.2 Å². The normalized spacial score (nSPS) is 18.4. The predicted molar refractivity (Wildman–Crippen MR) is 86.6 cm³/mol. The van der Waals surface area contributed by atoms with E-state index in [1.807, 2.05) is 0 Å². The van der Waals surface area contributed by atoms with Gasteiger partial charge in [-0.05, 0) is 30.5 Å².